The second-order valence-electron chi connectivity index (χ2n) is 3.47. The molecule has 0 amide bonds. The van der Waals surface area contributed by atoms with Crippen molar-refractivity contribution in [2.24, 2.45) is 5.92 Å². The summed E-state index contributed by atoms with van der Waals surface area (Å²) >= 11 is 0. The van der Waals surface area contributed by atoms with Gasteiger partial charge in [-0.3, -0.25) is 0 Å². The molecule has 0 radical (unpaired) electrons. The fourth-order valence-corrected chi connectivity index (χ4v) is 1.03. The van der Waals surface area contributed by atoms with Crippen LogP contribution in [0, 0.1) is 5.92 Å². The van der Waals surface area contributed by atoms with Gasteiger partial charge in [0.1, 0.15) is 0 Å². The van der Waals surface area contributed by atoms with Crippen LogP contribution < -0.4 is 0 Å². The number of esters is 1. The Hall–Kier alpha value is -0.790. The zero-order chi connectivity index (χ0) is 10.3. The van der Waals surface area contributed by atoms with Crippen molar-refractivity contribution in [3.05, 3.63) is 11.6 Å². The molecular formula is C11H20O2. The van der Waals surface area contributed by atoms with Crippen LogP contribution in [0.15, 0.2) is 11.6 Å². The minimum atomic E-state index is -0.218. The van der Waals surface area contributed by atoms with Crippen molar-refractivity contribution in [3.63, 3.8) is 0 Å². The van der Waals surface area contributed by atoms with Gasteiger partial charge in [-0.2, -0.15) is 0 Å². The molecule has 0 bridgehead atoms. The Kier molecular flexibility index (Phi) is 6.29. The predicted molar refractivity (Wildman–Crippen MR) is 54.5 cm³/mol. The molecular weight excluding hydrogens is 164 g/mol. The van der Waals surface area contributed by atoms with Crippen molar-refractivity contribution in [1.29, 1.82) is 0 Å². The highest BCUT2D eigenvalue weighted by Crippen LogP contribution is 2.11. The first-order valence-electron chi connectivity index (χ1n) is 4.86. The Bertz CT molecular complexity index is 183. The van der Waals surface area contributed by atoms with Crippen LogP contribution in [0.2, 0.25) is 0 Å². The minimum absolute atomic E-state index is 0.218. The smallest absolute Gasteiger partial charge is 0.333 e. The van der Waals surface area contributed by atoms with E-state index in [9.17, 15) is 4.79 Å². The van der Waals surface area contributed by atoms with Gasteiger partial charge >= 0.3 is 5.97 Å². The van der Waals surface area contributed by atoms with Crippen LogP contribution in [0.25, 0.3) is 0 Å². The van der Waals surface area contributed by atoms with Crippen molar-refractivity contribution in [2.75, 3.05) is 7.11 Å². The quantitative estimate of drug-likeness (QED) is 0.485. The highest BCUT2D eigenvalue weighted by molar-refractivity contribution is 5.87. The molecule has 0 aliphatic rings. The van der Waals surface area contributed by atoms with E-state index in [-0.39, 0.29) is 5.97 Å². The van der Waals surface area contributed by atoms with Crippen molar-refractivity contribution in [1.82, 2.24) is 0 Å². The van der Waals surface area contributed by atoms with Crippen LogP contribution in [0.5, 0.6) is 0 Å². The lowest BCUT2D eigenvalue weighted by Gasteiger charge is -2.05. The van der Waals surface area contributed by atoms with Crippen molar-refractivity contribution in [2.45, 2.75) is 40.0 Å². The third-order valence-electron chi connectivity index (χ3n) is 2.31. The summed E-state index contributed by atoms with van der Waals surface area (Å²) in [5.41, 5.74) is 0.714. The zero-order valence-corrected chi connectivity index (χ0v) is 9.09. The molecule has 0 aromatic heterocycles. The normalized spacial score (nSPS) is 14.0. The molecule has 0 rings (SSSR count). The number of hydrogen-bond acceptors (Lipinski definition) is 2. The maximum atomic E-state index is 11.0. The van der Waals surface area contributed by atoms with E-state index in [0.29, 0.717) is 5.57 Å². The Labute approximate surface area is 81.0 Å². The number of ether oxygens (including phenoxy) is 1. The van der Waals surface area contributed by atoms with Gasteiger partial charge in [0.25, 0.3) is 0 Å². The molecule has 0 aliphatic heterocycles. The monoisotopic (exact) mass is 184 g/mol. The number of hydrogen-bond donors (Lipinski definition) is 0. The Morgan fingerprint density at radius 2 is 2.15 bits per heavy atom. The third kappa shape index (κ3) is 5.45. The number of carbonyl (C=O) groups excluding carboxylic acids is 1. The summed E-state index contributed by atoms with van der Waals surface area (Å²) in [6.45, 7) is 6.20. The van der Waals surface area contributed by atoms with E-state index in [1.807, 2.05) is 6.08 Å². The molecule has 2 heteroatoms. The first kappa shape index (κ1) is 12.2. The van der Waals surface area contributed by atoms with Crippen molar-refractivity contribution in [3.8, 4) is 0 Å². The highest BCUT2D eigenvalue weighted by atomic mass is 16.5. The minimum Gasteiger partial charge on any atom is -0.466 e. The Balaban J connectivity index is 3.77. The standard InChI is InChI=1S/C11H20O2/c1-5-9(2)7-6-8-10(3)11(12)13-4/h8-9H,5-7H2,1-4H3. The topological polar surface area (TPSA) is 26.3 Å². The van der Waals surface area contributed by atoms with E-state index >= 15 is 0 Å². The number of carbonyl (C=O) groups is 1. The summed E-state index contributed by atoms with van der Waals surface area (Å²) in [5.74, 6) is 0.519. The van der Waals surface area contributed by atoms with Gasteiger partial charge in [-0.1, -0.05) is 26.3 Å². The van der Waals surface area contributed by atoms with E-state index in [2.05, 4.69) is 18.6 Å². The van der Waals surface area contributed by atoms with E-state index in [0.717, 1.165) is 18.8 Å². The zero-order valence-electron chi connectivity index (χ0n) is 9.09. The van der Waals surface area contributed by atoms with Gasteiger partial charge in [-0.25, -0.2) is 4.79 Å². The van der Waals surface area contributed by atoms with Gasteiger partial charge in [-0.15, -0.1) is 0 Å². The fraction of sp³-hybridized carbons (Fsp3) is 0.727. The highest BCUT2D eigenvalue weighted by Gasteiger charge is 2.02. The summed E-state index contributed by atoms with van der Waals surface area (Å²) in [4.78, 5) is 11.0. The molecule has 0 aliphatic carbocycles. The maximum Gasteiger partial charge on any atom is 0.333 e. The second-order valence-corrected chi connectivity index (χ2v) is 3.47. The van der Waals surface area contributed by atoms with E-state index < -0.39 is 0 Å². The predicted octanol–water partition coefficient (Wildman–Crippen LogP) is 2.93. The molecule has 13 heavy (non-hydrogen) atoms. The molecule has 0 N–H and O–H groups in total. The largest absolute Gasteiger partial charge is 0.466 e. The molecule has 0 aromatic rings. The summed E-state index contributed by atoms with van der Waals surface area (Å²) in [6, 6.07) is 0. The first-order valence-corrected chi connectivity index (χ1v) is 4.86. The van der Waals surface area contributed by atoms with Crippen LogP contribution in [-0.2, 0) is 9.53 Å². The molecule has 76 valence electrons. The van der Waals surface area contributed by atoms with Gasteiger partial charge in [-0.05, 0) is 25.7 Å². The first-order chi connectivity index (χ1) is 6.11. The molecule has 0 heterocycles. The number of allylic oxidation sites excluding steroid dienone is 1. The summed E-state index contributed by atoms with van der Waals surface area (Å²) < 4.78 is 4.59. The van der Waals surface area contributed by atoms with Crippen molar-refractivity contribution < 1.29 is 9.53 Å². The summed E-state index contributed by atoms with van der Waals surface area (Å²) in [6.07, 6.45) is 5.27. The molecule has 1 unspecified atom stereocenters. The van der Waals surface area contributed by atoms with Crippen LogP contribution in [-0.4, -0.2) is 13.1 Å². The Morgan fingerprint density at radius 1 is 1.54 bits per heavy atom. The maximum absolute atomic E-state index is 11.0. The van der Waals surface area contributed by atoms with Crippen LogP contribution in [0.1, 0.15) is 40.0 Å². The van der Waals surface area contributed by atoms with Gasteiger partial charge in [0, 0.05) is 5.57 Å². The molecule has 0 spiro atoms. The Morgan fingerprint density at radius 3 is 2.62 bits per heavy atom. The average Bonchev–Trinajstić information content (AvgIpc) is 2.15. The lowest BCUT2D eigenvalue weighted by atomic mass is 10.0. The van der Waals surface area contributed by atoms with E-state index in [1.165, 1.54) is 13.5 Å². The lowest BCUT2D eigenvalue weighted by molar-refractivity contribution is -0.136. The van der Waals surface area contributed by atoms with Gasteiger partial charge in [0.15, 0.2) is 0 Å². The molecule has 0 saturated heterocycles. The van der Waals surface area contributed by atoms with Crippen molar-refractivity contribution >= 4 is 5.97 Å². The summed E-state index contributed by atoms with van der Waals surface area (Å²) in [7, 11) is 1.41. The second kappa shape index (κ2) is 6.70. The number of methoxy groups -OCH3 is 1. The van der Waals surface area contributed by atoms with Gasteiger partial charge in [0.05, 0.1) is 7.11 Å². The van der Waals surface area contributed by atoms with E-state index in [4.69, 9.17) is 0 Å². The van der Waals surface area contributed by atoms with E-state index in [1.54, 1.807) is 6.92 Å². The van der Waals surface area contributed by atoms with Gasteiger partial charge < -0.3 is 4.74 Å². The summed E-state index contributed by atoms with van der Waals surface area (Å²) in [5, 5.41) is 0. The third-order valence-corrected chi connectivity index (χ3v) is 2.31. The molecule has 2 nitrogen and oxygen atoms in total. The average molecular weight is 184 g/mol. The van der Waals surface area contributed by atoms with Gasteiger partial charge in [0.2, 0.25) is 0 Å². The van der Waals surface area contributed by atoms with Crippen LogP contribution >= 0.6 is 0 Å². The lowest BCUT2D eigenvalue weighted by Crippen LogP contribution is -2.01. The van der Waals surface area contributed by atoms with Crippen LogP contribution in [0.4, 0.5) is 0 Å². The van der Waals surface area contributed by atoms with Crippen LogP contribution in [0.3, 0.4) is 0 Å². The molecule has 0 aromatic carbocycles. The molecule has 1 atom stereocenters. The SMILES string of the molecule is CCC(C)CCC=C(C)C(=O)OC. The fourth-order valence-electron chi connectivity index (χ4n) is 1.03. The molecule has 0 saturated carbocycles. The number of rotatable bonds is 5. The molecule has 0 fully saturated rings.